The highest BCUT2D eigenvalue weighted by atomic mass is 16.3. The summed E-state index contributed by atoms with van der Waals surface area (Å²) in [6, 6.07) is -0.649. The van der Waals surface area contributed by atoms with E-state index in [4.69, 9.17) is 0 Å². The third kappa shape index (κ3) is 54.4. The molecule has 3 N–H and O–H groups in total. The van der Waals surface area contributed by atoms with E-state index in [1.807, 2.05) is 6.08 Å². The molecule has 1 amide bonds. The summed E-state index contributed by atoms with van der Waals surface area (Å²) in [6.07, 6.45) is 84.7. The van der Waals surface area contributed by atoms with E-state index in [1.165, 1.54) is 205 Å². The summed E-state index contributed by atoms with van der Waals surface area (Å²) >= 11 is 0. The van der Waals surface area contributed by atoms with Gasteiger partial charge in [0.15, 0.2) is 0 Å². The number of aliphatic hydroxyl groups excluding tert-OH is 2. The van der Waals surface area contributed by atoms with Gasteiger partial charge in [-0.1, -0.05) is 285 Å². The largest absolute Gasteiger partial charge is 0.394 e. The van der Waals surface area contributed by atoms with E-state index in [9.17, 15) is 15.0 Å². The summed E-state index contributed by atoms with van der Waals surface area (Å²) in [5.74, 6) is -0.0760. The smallest absolute Gasteiger partial charge is 0.220 e. The highest BCUT2D eigenvalue weighted by Crippen LogP contribution is 2.17. The Morgan fingerprint density at radius 1 is 0.373 bits per heavy atom. The maximum Gasteiger partial charge on any atom is 0.220 e. The molecular formula is C63H113NO3. The van der Waals surface area contributed by atoms with E-state index in [1.54, 1.807) is 6.08 Å². The van der Waals surface area contributed by atoms with Gasteiger partial charge in [-0.25, -0.2) is 0 Å². The molecular weight excluding hydrogens is 819 g/mol. The number of rotatable bonds is 53. The van der Waals surface area contributed by atoms with Crippen LogP contribution < -0.4 is 5.32 Å². The molecule has 0 rings (SSSR count). The van der Waals surface area contributed by atoms with Crippen LogP contribution in [0.5, 0.6) is 0 Å². The molecule has 0 aliphatic carbocycles. The Morgan fingerprint density at radius 3 is 1.04 bits per heavy atom. The molecule has 0 radical (unpaired) electrons. The van der Waals surface area contributed by atoms with Gasteiger partial charge < -0.3 is 15.5 Å². The second-order valence-electron chi connectivity index (χ2n) is 19.7. The summed E-state index contributed by atoms with van der Waals surface area (Å²) in [6.45, 7) is 4.20. The van der Waals surface area contributed by atoms with Gasteiger partial charge in [0.1, 0.15) is 0 Å². The maximum absolute atomic E-state index is 12.5. The Morgan fingerprint density at radius 2 is 0.672 bits per heavy atom. The molecule has 0 aromatic heterocycles. The first-order valence-electron chi connectivity index (χ1n) is 29.3. The van der Waals surface area contributed by atoms with Crippen LogP contribution in [0, 0.1) is 0 Å². The minimum absolute atomic E-state index is 0.0760. The van der Waals surface area contributed by atoms with Crippen molar-refractivity contribution in [3.8, 4) is 0 Å². The zero-order chi connectivity index (χ0) is 48.5. The molecule has 0 heterocycles. The number of hydrogen-bond donors (Lipinski definition) is 3. The molecule has 0 aliphatic heterocycles. The predicted molar refractivity (Wildman–Crippen MR) is 299 cm³/mol. The average molecular weight is 933 g/mol. The van der Waals surface area contributed by atoms with Crippen molar-refractivity contribution >= 4 is 5.91 Å². The van der Waals surface area contributed by atoms with Gasteiger partial charge in [-0.05, 0) is 83.5 Å². The van der Waals surface area contributed by atoms with Crippen molar-refractivity contribution in [2.24, 2.45) is 0 Å². The van der Waals surface area contributed by atoms with E-state index >= 15 is 0 Å². The van der Waals surface area contributed by atoms with E-state index in [2.05, 4.69) is 92.1 Å². The number of carbonyl (C=O) groups is 1. The number of unbranched alkanes of at least 4 members (excludes halogenated alkanes) is 34. The molecule has 4 heteroatoms. The second-order valence-corrected chi connectivity index (χ2v) is 19.7. The molecule has 0 fully saturated rings. The number of allylic oxidation sites excluding steroid dienone is 13. The van der Waals surface area contributed by atoms with E-state index in [-0.39, 0.29) is 12.5 Å². The van der Waals surface area contributed by atoms with E-state index in [0.29, 0.717) is 6.42 Å². The third-order valence-electron chi connectivity index (χ3n) is 13.1. The molecule has 388 valence electrons. The van der Waals surface area contributed by atoms with Crippen molar-refractivity contribution < 1.29 is 15.0 Å². The number of nitrogens with one attached hydrogen (secondary N) is 1. The van der Waals surface area contributed by atoms with Crippen LogP contribution in [0.4, 0.5) is 0 Å². The van der Waals surface area contributed by atoms with Crippen molar-refractivity contribution in [1.29, 1.82) is 0 Å². The standard InChI is InChI=1S/C63H113NO3/c1-3-5-7-9-11-13-15-17-19-21-23-25-27-28-29-30-31-32-33-34-35-36-37-39-41-43-45-47-49-51-53-55-57-59-63(67)64-61(60-65)62(66)58-56-54-52-50-48-46-44-42-40-38-26-24-22-20-18-16-14-12-10-8-6-4-2/h5,7,11,13,17,19,23,25,40,42,48,50,56,58,61-62,65-66H,3-4,6,8-10,12,14-16,18,20-22,24,26-39,41,43-47,49,51-55,57,59-60H2,1-2H3,(H,64,67)/b7-5-,13-11-,19-17-,25-23-,42-40+,50-48+,58-56+. The fraction of sp³-hybridized carbons (Fsp3) is 0.762. The van der Waals surface area contributed by atoms with Crippen molar-refractivity contribution in [2.45, 2.75) is 302 Å². The molecule has 2 atom stereocenters. The van der Waals surface area contributed by atoms with Crippen LogP contribution in [0.15, 0.2) is 85.1 Å². The maximum atomic E-state index is 12.5. The molecule has 0 aromatic rings. The SMILES string of the molecule is CC/C=C\C/C=C\C/C=C\C/C=C\CCCCCCCCCCCCCCCCCCCCCCC(=O)NC(CO)C(O)/C=C/CC/C=C/CC/C=C/CCCCCCCCCCCCCC. The van der Waals surface area contributed by atoms with E-state index in [0.717, 1.165) is 64.2 Å². The summed E-state index contributed by atoms with van der Waals surface area (Å²) in [4.78, 5) is 12.5. The molecule has 0 bridgehead atoms. The topological polar surface area (TPSA) is 69.6 Å². The van der Waals surface area contributed by atoms with Gasteiger partial charge in [-0.15, -0.1) is 0 Å². The van der Waals surface area contributed by atoms with Gasteiger partial charge >= 0.3 is 0 Å². The minimum Gasteiger partial charge on any atom is -0.394 e. The van der Waals surface area contributed by atoms with Crippen LogP contribution in [-0.4, -0.2) is 34.9 Å². The first-order valence-corrected chi connectivity index (χ1v) is 29.3. The Bertz CT molecular complexity index is 1190. The lowest BCUT2D eigenvalue weighted by Crippen LogP contribution is -2.45. The van der Waals surface area contributed by atoms with Gasteiger partial charge in [-0.3, -0.25) is 4.79 Å². The molecule has 0 saturated carbocycles. The first-order chi connectivity index (χ1) is 33.2. The molecule has 67 heavy (non-hydrogen) atoms. The van der Waals surface area contributed by atoms with Gasteiger partial charge in [0.2, 0.25) is 5.91 Å². The van der Waals surface area contributed by atoms with E-state index < -0.39 is 12.1 Å². The highest BCUT2D eigenvalue weighted by molar-refractivity contribution is 5.76. The van der Waals surface area contributed by atoms with Crippen LogP contribution in [0.2, 0.25) is 0 Å². The summed E-state index contributed by atoms with van der Waals surface area (Å²) < 4.78 is 0. The first kappa shape index (κ1) is 64.6. The fourth-order valence-electron chi connectivity index (χ4n) is 8.67. The lowest BCUT2D eigenvalue weighted by Gasteiger charge is -2.19. The van der Waals surface area contributed by atoms with Crippen molar-refractivity contribution in [1.82, 2.24) is 5.32 Å². The number of hydrogen-bond acceptors (Lipinski definition) is 3. The predicted octanol–water partition coefficient (Wildman–Crippen LogP) is 19.5. The zero-order valence-corrected chi connectivity index (χ0v) is 44.7. The summed E-state index contributed by atoms with van der Waals surface area (Å²) in [5, 5.41) is 23.2. The lowest BCUT2D eigenvalue weighted by atomic mass is 10.0. The molecule has 0 spiro atoms. The summed E-state index contributed by atoms with van der Waals surface area (Å²) in [7, 11) is 0. The minimum atomic E-state index is -0.873. The molecule has 2 unspecified atom stereocenters. The lowest BCUT2D eigenvalue weighted by molar-refractivity contribution is -0.123. The zero-order valence-electron chi connectivity index (χ0n) is 44.7. The third-order valence-corrected chi connectivity index (χ3v) is 13.1. The Hall–Kier alpha value is -2.43. The Balaban J connectivity index is 3.52. The van der Waals surface area contributed by atoms with Gasteiger partial charge in [0.25, 0.3) is 0 Å². The normalized spacial score (nSPS) is 13.4. The Kier molecular flexibility index (Phi) is 55.8. The molecule has 0 aliphatic rings. The van der Waals surface area contributed by atoms with Crippen LogP contribution in [0.3, 0.4) is 0 Å². The average Bonchev–Trinajstić information content (AvgIpc) is 3.33. The van der Waals surface area contributed by atoms with Crippen molar-refractivity contribution in [3.05, 3.63) is 85.1 Å². The van der Waals surface area contributed by atoms with Crippen molar-refractivity contribution in [2.75, 3.05) is 6.61 Å². The van der Waals surface area contributed by atoms with Gasteiger partial charge in [0, 0.05) is 6.42 Å². The van der Waals surface area contributed by atoms with Gasteiger partial charge in [-0.2, -0.15) is 0 Å². The molecule has 0 aromatic carbocycles. The Labute approximate surface area is 418 Å². The van der Waals surface area contributed by atoms with Crippen molar-refractivity contribution in [3.63, 3.8) is 0 Å². The number of carbonyl (C=O) groups excluding carboxylic acids is 1. The van der Waals surface area contributed by atoms with Crippen LogP contribution in [0.25, 0.3) is 0 Å². The number of amides is 1. The molecule has 4 nitrogen and oxygen atoms in total. The van der Waals surface area contributed by atoms with Crippen LogP contribution in [0.1, 0.15) is 290 Å². The number of aliphatic hydroxyl groups is 2. The molecule has 0 saturated heterocycles. The fourth-order valence-corrected chi connectivity index (χ4v) is 8.67. The second kappa shape index (κ2) is 57.9. The quantitative estimate of drug-likeness (QED) is 0.0420. The highest BCUT2D eigenvalue weighted by Gasteiger charge is 2.18. The van der Waals surface area contributed by atoms with Gasteiger partial charge in [0.05, 0.1) is 18.8 Å². The summed E-state index contributed by atoms with van der Waals surface area (Å²) in [5.41, 5.74) is 0. The van der Waals surface area contributed by atoms with Crippen LogP contribution in [-0.2, 0) is 4.79 Å². The monoisotopic (exact) mass is 932 g/mol. The van der Waals surface area contributed by atoms with Crippen LogP contribution >= 0.6 is 0 Å².